The molecule has 14 N–H and O–H groups in total. The maximum absolute atomic E-state index is 14.1. The van der Waals surface area contributed by atoms with Crippen molar-refractivity contribution < 1.29 is 68.4 Å². The van der Waals surface area contributed by atoms with Crippen molar-refractivity contribution in [3.63, 3.8) is 0 Å². The molecule has 2 fully saturated rings. The number of unbranched alkanes of at least 4 members (excludes halogenated alkanes) is 1. The topological polar surface area (TPSA) is 401 Å². The first kappa shape index (κ1) is 57.3. The van der Waals surface area contributed by atoms with E-state index in [1.165, 1.54) is 0 Å². The number of guanidine groups is 1. The Morgan fingerprint density at radius 1 is 0.571 bits per heavy atom. The molecule has 27 nitrogen and oxygen atoms in total. The Morgan fingerprint density at radius 3 is 1.53 bits per heavy atom. The van der Waals surface area contributed by atoms with E-state index in [0.717, 1.165) is 0 Å². The lowest BCUT2D eigenvalue weighted by atomic mass is 10.0. The molecule has 1 aromatic rings. The van der Waals surface area contributed by atoms with Crippen molar-refractivity contribution in [1.82, 2.24) is 51.5 Å². The number of aliphatic imine (C=N–C) groups is 1. The Hall–Kier alpha value is -6.97. The minimum atomic E-state index is -1.65. The molecule has 2 aliphatic rings. The molecule has 70 heavy (non-hydrogen) atoms. The SMILES string of the molecule is NC(N)=NCCCC1NC(=O)C(CCCCNC(=O)CN2CCN(CC(=O)O)CCN(CC(=O)O)CCN(CC(=O)O)CC2)NC(=O)C(Cc2ccccc2)NC(=O)C(CC(=O)O)NC(=O)CNC1=O. The van der Waals surface area contributed by atoms with E-state index in [2.05, 4.69) is 36.9 Å². The number of nitrogens with two attached hydrogens (primary N) is 2. The van der Waals surface area contributed by atoms with E-state index in [1.807, 2.05) is 0 Å². The first-order chi connectivity index (χ1) is 33.3. The van der Waals surface area contributed by atoms with Crippen LogP contribution in [0.25, 0.3) is 0 Å². The minimum absolute atomic E-state index is 0.0153. The highest BCUT2D eigenvalue weighted by Crippen LogP contribution is 2.10. The van der Waals surface area contributed by atoms with Crippen LogP contribution in [-0.4, -0.2) is 228 Å². The van der Waals surface area contributed by atoms with E-state index >= 15 is 0 Å². The van der Waals surface area contributed by atoms with Crippen LogP contribution in [0.5, 0.6) is 0 Å². The summed E-state index contributed by atoms with van der Waals surface area (Å²) in [5.41, 5.74) is 11.5. The fraction of sp³-hybridized carbons (Fsp3) is 0.605. The van der Waals surface area contributed by atoms with Crippen molar-refractivity contribution >= 4 is 65.3 Å². The summed E-state index contributed by atoms with van der Waals surface area (Å²) >= 11 is 0. The van der Waals surface area contributed by atoms with Crippen LogP contribution in [0.1, 0.15) is 44.1 Å². The Labute approximate surface area is 404 Å². The number of nitrogens with one attached hydrogen (secondary N) is 6. The molecule has 4 atom stereocenters. The summed E-state index contributed by atoms with van der Waals surface area (Å²) in [5.74, 6) is -9.65. The molecule has 388 valence electrons. The average Bonchev–Trinajstić information content (AvgIpc) is 3.28. The number of aliphatic carboxylic acids is 4. The van der Waals surface area contributed by atoms with E-state index in [4.69, 9.17) is 11.5 Å². The van der Waals surface area contributed by atoms with Gasteiger partial charge in [-0.25, -0.2) is 0 Å². The lowest BCUT2D eigenvalue weighted by Crippen LogP contribution is -2.58. The zero-order chi connectivity index (χ0) is 51.6. The van der Waals surface area contributed by atoms with Crippen molar-refractivity contribution in [1.29, 1.82) is 0 Å². The van der Waals surface area contributed by atoms with Crippen LogP contribution in [0.15, 0.2) is 35.3 Å². The third-order valence-electron chi connectivity index (χ3n) is 11.2. The third-order valence-corrected chi connectivity index (χ3v) is 11.2. The van der Waals surface area contributed by atoms with Gasteiger partial charge in [0.15, 0.2) is 5.96 Å². The zero-order valence-corrected chi connectivity index (χ0v) is 39.0. The summed E-state index contributed by atoms with van der Waals surface area (Å²) in [6.45, 7) is 0.108. The molecule has 0 bridgehead atoms. The van der Waals surface area contributed by atoms with E-state index in [-0.39, 0.29) is 136 Å². The predicted molar refractivity (Wildman–Crippen MR) is 249 cm³/mol. The molecule has 0 spiro atoms. The van der Waals surface area contributed by atoms with Gasteiger partial charge in [0.05, 0.1) is 39.1 Å². The van der Waals surface area contributed by atoms with Crippen molar-refractivity contribution in [3.05, 3.63) is 35.9 Å². The lowest BCUT2D eigenvalue weighted by molar-refractivity contribution is -0.141. The van der Waals surface area contributed by atoms with Gasteiger partial charge < -0.3 is 63.8 Å². The normalized spacial score (nSPS) is 21.3. The number of benzene rings is 1. The summed E-state index contributed by atoms with van der Waals surface area (Å²) in [7, 11) is 0. The molecular weight excluding hydrogens is 923 g/mol. The summed E-state index contributed by atoms with van der Waals surface area (Å²) < 4.78 is 0. The Morgan fingerprint density at radius 2 is 1.03 bits per heavy atom. The van der Waals surface area contributed by atoms with Gasteiger partial charge in [-0.05, 0) is 37.7 Å². The van der Waals surface area contributed by atoms with Gasteiger partial charge in [0.1, 0.15) is 24.2 Å². The van der Waals surface area contributed by atoms with Crippen molar-refractivity contribution in [3.8, 4) is 0 Å². The van der Waals surface area contributed by atoms with Crippen LogP contribution in [-0.2, 0) is 54.4 Å². The Bertz CT molecular complexity index is 1960. The van der Waals surface area contributed by atoms with E-state index in [0.29, 0.717) is 5.56 Å². The molecule has 4 unspecified atom stereocenters. The largest absolute Gasteiger partial charge is 0.481 e. The maximum Gasteiger partial charge on any atom is 0.317 e. The lowest BCUT2D eigenvalue weighted by Gasteiger charge is -2.32. The summed E-state index contributed by atoms with van der Waals surface area (Å²) in [4.78, 5) is 138. The fourth-order valence-corrected chi connectivity index (χ4v) is 7.58. The summed E-state index contributed by atoms with van der Waals surface area (Å²) in [6.07, 6.45) is -0.291. The number of nitrogens with zero attached hydrogens (tertiary/aromatic N) is 5. The number of hydrogen-bond donors (Lipinski definition) is 12. The number of carbonyl (C=O) groups is 10. The highest BCUT2D eigenvalue weighted by atomic mass is 16.4. The molecule has 0 saturated carbocycles. The molecule has 1 aromatic carbocycles. The first-order valence-corrected chi connectivity index (χ1v) is 22.9. The van der Waals surface area contributed by atoms with Crippen LogP contribution in [0.4, 0.5) is 0 Å². The number of hydrogen-bond acceptors (Lipinski definition) is 15. The number of rotatable bonds is 21. The van der Waals surface area contributed by atoms with Crippen molar-refractivity contribution in [2.45, 2.75) is 69.1 Å². The standard InChI is InChI=1S/C43H67N13O14/c44-43(45)47-12-6-10-29-39(67)48-23-33(57)49-32(22-35(59)60)42(70)52-31(21-28-7-2-1-3-8-28)41(69)51-30(40(68)50-29)9-4-5-11-46-34(58)24-53-13-15-54(25-36(61)62)17-19-56(27-38(65)66)20-18-55(16-14-53)26-37(63)64/h1-3,7-8,29-32H,4-6,9-27H2,(H,46,58)(H,48,67)(H,49,57)(H,50,68)(H,51,69)(H,52,70)(H,59,60)(H,61,62)(H,63,64)(H,65,66)(H4,44,45,47). The van der Waals surface area contributed by atoms with Crippen molar-refractivity contribution in [2.75, 3.05) is 98.2 Å². The monoisotopic (exact) mass is 989 g/mol. The first-order valence-electron chi connectivity index (χ1n) is 22.9. The molecule has 6 amide bonds. The number of carboxylic acid groups (broad SMARTS) is 4. The molecule has 27 heteroatoms. The molecule has 2 aliphatic heterocycles. The van der Waals surface area contributed by atoms with Gasteiger partial charge in [-0.2, -0.15) is 0 Å². The van der Waals surface area contributed by atoms with E-state index in [1.54, 1.807) is 49.9 Å². The zero-order valence-electron chi connectivity index (χ0n) is 39.0. The minimum Gasteiger partial charge on any atom is -0.481 e. The highest BCUT2D eigenvalue weighted by Gasteiger charge is 2.33. The summed E-state index contributed by atoms with van der Waals surface area (Å²) in [5, 5.41) is 53.4. The Kier molecular flexibility index (Phi) is 25.0. The van der Waals surface area contributed by atoms with Crippen LogP contribution in [0.2, 0.25) is 0 Å². The van der Waals surface area contributed by atoms with Crippen LogP contribution in [0.3, 0.4) is 0 Å². The molecule has 3 rings (SSSR count). The van der Waals surface area contributed by atoms with Gasteiger partial charge in [-0.1, -0.05) is 30.3 Å². The quantitative estimate of drug-likeness (QED) is 0.0311. The second-order valence-corrected chi connectivity index (χ2v) is 16.9. The maximum atomic E-state index is 14.1. The number of carboxylic acids is 4. The number of amides is 6. The molecule has 0 radical (unpaired) electrons. The van der Waals surface area contributed by atoms with Gasteiger partial charge in [-0.3, -0.25) is 72.5 Å². The second-order valence-electron chi connectivity index (χ2n) is 16.9. The van der Waals surface area contributed by atoms with Crippen LogP contribution >= 0.6 is 0 Å². The molecule has 0 aliphatic carbocycles. The van der Waals surface area contributed by atoms with Crippen LogP contribution < -0.4 is 43.4 Å². The second kappa shape index (κ2) is 30.5. The van der Waals surface area contributed by atoms with Crippen LogP contribution in [0, 0.1) is 0 Å². The molecule has 0 aromatic heterocycles. The van der Waals surface area contributed by atoms with Gasteiger partial charge in [-0.15, -0.1) is 0 Å². The van der Waals surface area contributed by atoms with Crippen molar-refractivity contribution in [2.24, 2.45) is 16.5 Å². The fourth-order valence-electron chi connectivity index (χ4n) is 7.58. The average molecular weight is 990 g/mol. The smallest absolute Gasteiger partial charge is 0.317 e. The van der Waals surface area contributed by atoms with Gasteiger partial charge in [0.2, 0.25) is 35.4 Å². The summed E-state index contributed by atoms with van der Waals surface area (Å²) in [6, 6.07) is 2.91. The number of carbonyl (C=O) groups excluding carboxylic acids is 6. The molecule has 2 heterocycles. The highest BCUT2D eigenvalue weighted by molar-refractivity contribution is 5.98. The molecular formula is C43H67N13O14. The Balaban J connectivity index is 1.79. The van der Waals surface area contributed by atoms with Gasteiger partial charge >= 0.3 is 23.9 Å². The van der Waals surface area contributed by atoms with E-state index in [9.17, 15) is 68.4 Å². The molecule has 2 saturated heterocycles. The van der Waals surface area contributed by atoms with Gasteiger partial charge in [0.25, 0.3) is 0 Å². The predicted octanol–water partition coefficient (Wildman–Crippen LogP) is -5.41. The van der Waals surface area contributed by atoms with E-state index < -0.39 is 96.5 Å². The third kappa shape index (κ3) is 23.4. The van der Waals surface area contributed by atoms with Gasteiger partial charge in [0, 0.05) is 71.9 Å².